The summed E-state index contributed by atoms with van der Waals surface area (Å²) in [5, 5.41) is 15.7. The molecule has 1 unspecified atom stereocenters. The Balaban J connectivity index is 1.36. The zero-order valence-electron chi connectivity index (χ0n) is 19.8. The second kappa shape index (κ2) is 11.8. The fraction of sp³-hybridized carbons (Fsp3) is 0.538. The van der Waals surface area contributed by atoms with Crippen LogP contribution < -0.4 is 10.6 Å². The average Bonchev–Trinajstić information content (AvgIpc) is 2.82. The van der Waals surface area contributed by atoms with Gasteiger partial charge in [-0.1, -0.05) is 37.8 Å². The SMILES string of the molecule is CC(C)(C(=O)NC(CCCCCCCc1ccc2c(n1)NCCC2)C(=O)O)c1cccnc1. The first-order valence-electron chi connectivity index (χ1n) is 12.0. The number of carboxylic acid groups (broad SMARTS) is 1. The zero-order chi connectivity index (χ0) is 23.7. The number of carbonyl (C=O) groups is 2. The number of carbonyl (C=O) groups excluding carboxylic acids is 1. The summed E-state index contributed by atoms with van der Waals surface area (Å²) in [4.78, 5) is 33.3. The number of aliphatic carboxylic acids is 1. The number of hydrogen-bond donors (Lipinski definition) is 3. The van der Waals surface area contributed by atoms with E-state index in [1.807, 2.05) is 6.07 Å². The Bertz CT molecular complexity index is 930. The van der Waals surface area contributed by atoms with E-state index in [9.17, 15) is 14.7 Å². The van der Waals surface area contributed by atoms with E-state index in [-0.39, 0.29) is 5.91 Å². The molecule has 1 amide bonds. The standard InChI is InChI=1S/C26H36N4O3/c1-26(2,20-11-9-16-27-18-20)25(33)30-22(24(31)32)13-7-5-3-4-6-12-21-15-14-19-10-8-17-28-23(19)29-21/h9,11,14-16,18,22H,3-8,10,12-13,17H2,1-2H3,(H,28,29)(H,30,33)(H,31,32). The van der Waals surface area contributed by atoms with Crippen LogP contribution in [0.4, 0.5) is 5.82 Å². The van der Waals surface area contributed by atoms with E-state index in [1.165, 1.54) is 12.0 Å². The molecule has 3 N–H and O–H groups in total. The second-order valence-electron chi connectivity index (χ2n) is 9.38. The number of nitrogens with one attached hydrogen (secondary N) is 2. The minimum atomic E-state index is -0.988. The lowest BCUT2D eigenvalue weighted by Crippen LogP contribution is -2.48. The molecular weight excluding hydrogens is 416 g/mol. The van der Waals surface area contributed by atoms with Crippen LogP contribution in [0.25, 0.3) is 0 Å². The number of pyridine rings is 2. The molecule has 7 nitrogen and oxygen atoms in total. The maximum atomic E-state index is 12.8. The molecule has 0 fully saturated rings. The van der Waals surface area contributed by atoms with Gasteiger partial charge >= 0.3 is 5.97 Å². The van der Waals surface area contributed by atoms with Gasteiger partial charge in [-0.15, -0.1) is 0 Å². The van der Waals surface area contributed by atoms with Crippen molar-refractivity contribution in [1.29, 1.82) is 0 Å². The molecule has 1 atom stereocenters. The van der Waals surface area contributed by atoms with Crippen molar-refractivity contribution in [2.45, 2.75) is 83.1 Å². The van der Waals surface area contributed by atoms with Crippen LogP contribution in [0.5, 0.6) is 0 Å². The van der Waals surface area contributed by atoms with Crippen LogP contribution in [-0.4, -0.2) is 39.5 Å². The predicted molar refractivity (Wildman–Crippen MR) is 129 cm³/mol. The van der Waals surface area contributed by atoms with Crippen LogP contribution in [0.2, 0.25) is 0 Å². The summed E-state index contributed by atoms with van der Waals surface area (Å²) in [6.07, 6.45) is 11.9. The highest BCUT2D eigenvalue weighted by atomic mass is 16.4. The Morgan fingerprint density at radius 2 is 1.94 bits per heavy atom. The third kappa shape index (κ3) is 7.01. The molecule has 0 bridgehead atoms. The highest BCUT2D eigenvalue weighted by molar-refractivity contribution is 5.90. The number of rotatable bonds is 12. The lowest BCUT2D eigenvalue weighted by molar-refractivity contribution is -0.142. The van der Waals surface area contributed by atoms with Gasteiger partial charge in [0.05, 0.1) is 5.41 Å². The molecule has 0 aliphatic carbocycles. The summed E-state index contributed by atoms with van der Waals surface area (Å²) >= 11 is 0. The van der Waals surface area contributed by atoms with Crippen molar-refractivity contribution in [3.05, 3.63) is 53.5 Å². The lowest BCUT2D eigenvalue weighted by atomic mass is 9.84. The van der Waals surface area contributed by atoms with E-state index >= 15 is 0 Å². The first-order chi connectivity index (χ1) is 15.9. The van der Waals surface area contributed by atoms with Crippen molar-refractivity contribution in [3.8, 4) is 0 Å². The summed E-state index contributed by atoms with van der Waals surface area (Å²) in [5.74, 6) is -0.236. The van der Waals surface area contributed by atoms with Crippen molar-refractivity contribution < 1.29 is 14.7 Å². The molecule has 0 saturated heterocycles. The number of anilines is 1. The molecule has 3 heterocycles. The van der Waals surface area contributed by atoms with Gasteiger partial charge in [-0.3, -0.25) is 9.78 Å². The molecule has 3 rings (SSSR count). The molecule has 0 aromatic carbocycles. The summed E-state index contributed by atoms with van der Waals surface area (Å²) in [5.41, 5.74) is 2.36. The van der Waals surface area contributed by atoms with Crippen molar-refractivity contribution >= 4 is 17.7 Å². The third-order valence-electron chi connectivity index (χ3n) is 6.43. The fourth-order valence-corrected chi connectivity index (χ4v) is 4.15. The maximum absolute atomic E-state index is 12.8. The lowest BCUT2D eigenvalue weighted by Gasteiger charge is -2.26. The quantitative estimate of drug-likeness (QED) is 0.416. The third-order valence-corrected chi connectivity index (χ3v) is 6.43. The van der Waals surface area contributed by atoms with Crippen LogP contribution >= 0.6 is 0 Å². The minimum Gasteiger partial charge on any atom is -0.480 e. The highest BCUT2D eigenvalue weighted by Crippen LogP contribution is 2.23. The smallest absolute Gasteiger partial charge is 0.326 e. The Morgan fingerprint density at radius 3 is 2.70 bits per heavy atom. The van der Waals surface area contributed by atoms with Crippen molar-refractivity contribution in [2.75, 3.05) is 11.9 Å². The van der Waals surface area contributed by atoms with E-state index in [0.29, 0.717) is 6.42 Å². The zero-order valence-corrected chi connectivity index (χ0v) is 19.8. The van der Waals surface area contributed by atoms with Gasteiger partial charge < -0.3 is 15.7 Å². The van der Waals surface area contributed by atoms with Gasteiger partial charge in [-0.05, 0) is 69.2 Å². The molecule has 7 heteroatoms. The Kier molecular flexibility index (Phi) is 8.80. The van der Waals surface area contributed by atoms with Gasteiger partial charge in [-0.25, -0.2) is 9.78 Å². The van der Waals surface area contributed by atoms with Gasteiger partial charge in [0.15, 0.2) is 0 Å². The predicted octanol–water partition coefficient (Wildman–Crippen LogP) is 4.27. The molecule has 0 saturated carbocycles. The van der Waals surface area contributed by atoms with Gasteiger partial charge in [-0.2, -0.15) is 0 Å². The number of carboxylic acids is 1. The normalized spacial score (nSPS) is 14.1. The number of aromatic nitrogens is 2. The van der Waals surface area contributed by atoms with Crippen molar-refractivity contribution in [2.24, 2.45) is 0 Å². The molecule has 2 aromatic rings. The number of hydrogen-bond acceptors (Lipinski definition) is 5. The topological polar surface area (TPSA) is 104 Å². The summed E-state index contributed by atoms with van der Waals surface area (Å²) < 4.78 is 0. The summed E-state index contributed by atoms with van der Waals surface area (Å²) in [6.45, 7) is 4.57. The van der Waals surface area contributed by atoms with Crippen LogP contribution in [-0.2, 0) is 27.8 Å². The average molecular weight is 453 g/mol. The molecule has 33 heavy (non-hydrogen) atoms. The van der Waals surface area contributed by atoms with E-state index in [2.05, 4.69) is 27.8 Å². The largest absolute Gasteiger partial charge is 0.480 e. The number of nitrogens with zero attached hydrogens (tertiary/aromatic N) is 2. The first-order valence-corrected chi connectivity index (χ1v) is 12.0. The number of unbranched alkanes of at least 4 members (excludes halogenated alkanes) is 4. The fourth-order valence-electron chi connectivity index (χ4n) is 4.15. The van der Waals surface area contributed by atoms with E-state index in [1.54, 1.807) is 32.3 Å². The van der Waals surface area contributed by atoms with Crippen molar-refractivity contribution in [3.63, 3.8) is 0 Å². The van der Waals surface area contributed by atoms with Gasteiger partial charge in [0, 0.05) is 24.6 Å². The summed E-state index contributed by atoms with van der Waals surface area (Å²) in [6, 6.07) is 7.06. The Hall–Kier alpha value is -2.96. The molecule has 0 spiro atoms. The first kappa shape index (κ1) is 24.7. The maximum Gasteiger partial charge on any atom is 0.326 e. The molecule has 1 aliphatic heterocycles. The van der Waals surface area contributed by atoms with Gasteiger partial charge in [0.1, 0.15) is 11.9 Å². The molecular formula is C26H36N4O3. The second-order valence-corrected chi connectivity index (χ2v) is 9.38. The Morgan fingerprint density at radius 1 is 1.15 bits per heavy atom. The minimum absolute atomic E-state index is 0.296. The van der Waals surface area contributed by atoms with E-state index in [0.717, 1.165) is 68.6 Å². The summed E-state index contributed by atoms with van der Waals surface area (Å²) in [7, 11) is 0. The highest BCUT2D eigenvalue weighted by Gasteiger charge is 2.33. The van der Waals surface area contributed by atoms with Crippen LogP contribution in [0.1, 0.15) is 75.6 Å². The number of fused-ring (bicyclic) bond motifs is 1. The molecule has 0 radical (unpaired) electrons. The van der Waals surface area contributed by atoms with E-state index in [4.69, 9.17) is 4.98 Å². The van der Waals surface area contributed by atoms with Gasteiger partial charge in [0.2, 0.25) is 5.91 Å². The molecule has 2 aromatic heterocycles. The molecule has 1 aliphatic rings. The monoisotopic (exact) mass is 452 g/mol. The number of amides is 1. The molecule has 178 valence electrons. The van der Waals surface area contributed by atoms with Crippen molar-refractivity contribution in [1.82, 2.24) is 15.3 Å². The van der Waals surface area contributed by atoms with Crippen LogP contribution in [0, 0.1) is 0 Å². The van der Waals surface area contributed by atoms with E-state index < -0.39 is 17.4 Å². The van der Waals surface area contributed by atoms with Crippen LogP contribution in [0.15, 0.2) is 36.7 Å². The number of aryl methyl sites for hydroxylation is 2. The van der Waals surface area contributed by atoms with Crippen LogP contribution in [0.3, 0.4) is 0 Å². The Labute approximate surface area is 196 Å². The van der Waals surface area contributed by atoms with Gasteiger partial charge in [0.25, 0.3) is 0 Å².